The van der Waals surface area contributed by atoms with Crippen LogP contribution in [0.5, 0.6) is 11.5 Å². The van der Waals surface area contributed by atoms with E-state index in [1.54, 1.807) is 11.0 Å². The van der Waals surface area contributed by atoms with Gasteiger partial charge in [-0.15, -0.1) is 0 Å². The molecule has 1 N–H and O–H groups in total. The lowest BCUT2D eigenvalue weighted by Crippen LogP contribution is -2.53. The van der Waals surface area contributed by atoms with Crippen molar-refractivity contribution in [1.29, 1.82) is 0 Å². The second kappa shape index (κ2) is 6.48. The Balaban J connectivity index is 1.68. The Labute approximate surface area is 141 Å². The summed E-state index contributed by atoms with van der Waals surface area (Å²) in [6, 6.07) is 4.48. The van der Waals surface area contributed by atoms with Crippen LogP contribution in [0.4, 0.5) is 4.79 Å². The van der Waals surface area contributed by atoms with Crippen LogP contribution in [0, 0.1) is 0 Å². The first-order valence-electron chi connectivity index (χ1n) is 7.83. The number of rotatable bonds is 3. The number of ether oxygens (including phenoxy) is 2. The van der Waals surface area contributed by atoms with Crippen LogP contribution in [0.25, 0.3) is 0 Å². The molecule has 1 fully saturated rings. The number of nitrogens with one attached hydrogen (secondary N) is 1. The minimum Gasteiger partial charge on any atom is -0.454 e. The van der Waals surface area contributed by atoms with E-state index >= 15 is 0 Å². The van der Waals surface area contributed by atoms with Crippen LogP contribution in [-0.4, -0.2) is 62.7 Å². The van der Waals surface area contributed by atoms with Crippen LogP contribution < -0.4 is 14.8 Å². The molecular weight excluding hydrogens is 334 g/mol. The van der Waals surface area contributed by atoms with Gasteiger partial charge in [0.1, 0.15) is 0 Å². The zero-order chi connectivity index (χ0) is 17.3. The molecular formula is C15H21N3O5S. The molecule has 1 aromatic rings. The van der Waals surface area contributed by atoms with Gasteiger partial charge in [0.05, 0.1) is 4.90 Å². The quantitative estimate of drug-likeness (QED) is 0.868. The molecule has 0 aromatic heterocycles. The Hall–Kier alpha value is -2.00. The van der Waals surface area contributed by atoms with Gasteiger partial charge < -0.3 is 19.7 Å². The number of piperazine rings is 1. The molecule has 1 aromatic carbocycles. The van der Waals surface area contributed by atoms with Crippen molar-refractivity contribution in [1.82, 2.24) is 14.5 Å². The van der Waals surface area contributed by atoms with E-state index in [1.165, 1.54) is 16.4 Å². The van der Waals surface area contributed by atoms with Gasteiger partial charge in [0.15, 0.2) is 11.5 Å². The predicted octanol–water partition coefficient (Wildman–Crippen LogP) is 0.840. The maximum absolute atomic E-state index is 12.8. The van der Waals surface area contributed by atoms with Crippen LogP contribution in [0.2, 0.25) is 0 Å². The molecule has 2 aliphatic heterocycles. The Morgan fingerprint density at radius 2 is 1.79 bits per heavy atom. The van der Waals surface area contributed by atoms with Crippen LogP contribution in [-0.2, 0) is 10.0 Å². The minimum absolute atomic E-state index is 0.0490. The number of hydrogen-bond donors (Lipinski definition) is 1. The normalized spacial score (nSPS) is 18.0. The number of hydrogen-bond acceptors (Lipinski definition) is 5. The topological polar surface area (TPSA) is 88.2 Å². The van der Waals surface area contributed by atoms with E-state index in [0.29, 0.717) is 24.6 Å². The van der Waals surface area contributed by atoms with Crippen molar-refractivity contribution in [2.45, 2.75) is 24.8 Å². The van der Waals surface area contributed by atoms with E-state index in [9.17, 15) is 13.2 Å². The molecule has 0 spiro atoms. The van der Waals surface area contributed by atoms with Gasteiger partial charge in [-0.2, -0.15) is 4.31 Å². The van der Waals surface area contributed by atoms with Crippen LogP contribution in [0.3, 0.4) is 0 Å². The molecule has 0 unspecified atom stereocenters. The van der Waals surface area contributed by atoms with Gasteiger partial charge in [0.25, 0.3) is 0 Å². The summed E-state index contributed by atoms with van der Waals surface area (Å²) in [7, 11) is -3.62. The van der Waals surface area contributed by atoms with Crippen molar-refractivity contribution in [2.24, 2.45) is 0 Å². The smallest absolute Gasteiger partial charge is 0.317 e. The zero-order valence-electron chi connectivity index (χ0n) is 13.7. The van der Waals surface area contributed by atoms with E-state index in [-0.39, 0.29) is 36.9 Å². The highest BCUT2D eigenvalue weighted by Gasteiger charge is 2.31. The molecule has 0 radical (unpaired) electrons. The number of amides is 2. The number of carbonyl (C=O) groups is 1. The molecule has 2 aliphatic rings. The van der Waals surface area contributed by atoms with Gasteiger partial charge in [-0.3, -0.25) is 0 Å². The first kappa shape index (κ1) is 16.8. The van der Waals surface area contributed by atoms with E-state index in [0.717, 1.165) is 0 Å². The van der Waals surface area contributed by atoms with Crippen molar-refractivity contribution in [2.75, 3.05) is 33.0 Å². The maximum Gasteiger partial charge on any atom is 0.317 e. The summed E-state index contributed by atoms with van der Waals surface area (Å²) in [5.41, 5.74) is 0. The fourth-order valence-electron chi connectivity index (χ4n) is 2.66. The third-order valence-corrected chi connectivity index (χ3v) is 5.81. The second-order valence-electron chi connectivity index (χ2n) is 6.01. The number of nitrogens with zero attached hydrogens (tertiary/aromatic N) is 2. The lowest BCUT2D eigenvalue weighted by molar-refractivity contribution is 0.170. The Morgan fingerprint density at radius 3 is 2.46 bits per heavy atom. The molecule has 2 heterocycles. The summed E-state index contributed by atoms with van der Waals surface area (Å²) >= 11 is 0. The number of urea groups is 1. The summed E-state index contributed by atoms with van der Waals surface area (Å²) in [6.07, 6.45) is 0. The molecule has 2 amide bonds. The molecule has 1 saturated heterocycles. The van der Waals surface area contributed by atoms with E-state index in [1.807, 2.05) is 13.8 Å². The highest BCUT2D eigenvalue weighted by Crippen LogP contribution is 2.34. The van der Waals surface area contributed by atoms with Gasteiger partial charge in [-0.25, -0.2) is 13.2 Å². The Morgan fingerprint density at radius 1 is 1.12 bits per heavy atom. The van der Waals surface area contributed by atoms with Crippen molar-refractivity contribution in [3.8, 4) is 11.5 Å². The average molecular weight is 355 g/mol. The van der Waals surface area contributed by atoms with Gasteiger partial charge in [-0.1, -0.05) is 0 Å². The molecule has 9 heteroatoms. The van der Waals surface area contributed by atoms with Gasteiger partial charge in [-0.05, 0) is 26.0 Å². The highest BCUT2D eigenvalue weighted by molar-refractivity contribution is 7.89. The second-order valence-corrected chi connectivity index (χ2v) is 7.95. The fourth-order valence-corrected chi connectivity index (χ4v) is 4.09. The van der Waals surface area contributed by atoms with Gasteiger partial charge in [0, 0.05) is 38.3 Å². The molecule has 0 bridgehead atoms. The third-order valence-electron chi connectivity index (χ3n) is 3.92. The van der Waals surface area contributed by atoms with E-state index in [2.05, 4.69) is 5.32 Å². The van der Waals surface area contributed by atoms with Crippen molar-refractivity contribution in [3.63, 3.8) is 0 Å². The molecule has 0 aliphatic carbocycles. The van der Waals surface area contributed by atoms with Crippen LogP contribution in [0.1, 0.15) is 13.8 Å². The molecule has 8 nitrogen and oxygen atoms in total. The Bertz CT molecular complexity index is 727. The first-order valence-corrected chi connectivity index (χ1v) is 9.27. The average Bonchev–Trinajstić information content (AvgIpc) is 3.02. The minimum atomic E-state index is -3.62. The summed E-state index contributed by atoms with van der Waals surface area (Å²) in [5, 5.41) is 2.81. The zero-order valence-corrected chi connectivity index (χ0v) is 14.5. The SMILES string of the molecule is CC(C)NC(=O)N1CCN(S(=O)(=O)c2ccc3c(c2)OCO3)CC1. The summed E-state index contributed by atoms with van der Waals surface area (Å²) in [4.78, 5) is 13.8. The standard InChI is InChI=1S/C15H21N3O5S/c1-11(2)16-15(19)17-5-7-18(8-6-17)24(20,21)12-3-4-13-14(9-12)23-10-22-13/h3-4,9,11H,5-8,10H2,1-2H3,(H,16,19). The molecule has 0 saturated carbocycles. The molecule has 132 valence electrons. The van der Waals surface area contributed by atoms with Gasteiger partial charge in [0.2, 0.25) is 16.8 Å². The van der Waals surface area contributed by atoms with E-state index in [4.69, 9.17) is 9.47 Å². The third kappa shape index (κ3) is 3.27. The molecule has 0 atom stereocenters. The first-order chi connectivity index (χ1) is 11.4. The van der Waals surface area contributed by atoms with Gasteiger partial charge >= 0.3 is 6.03 Å². The summed E-state index contributed by atoms with van der Waals surface area (Å²) in [6.45, 7) is 5.13. The van der Waals surface area contributed by atoms with Crippen LogP contribution >= 0.6 is 0 Å². The predicted molar refractivity (Wildman–Crippen MR) is 86.6 cm³/mol. The lowest BCUT2D eigenvalue weighted by atomic mass is 10.3. The summed E-state index contributed by atoms with van der Waals surface area (Å²) < 4.78 is 37.3. The van der Waals surface area contributed by atoms with Crippen molar-refractivity contribution >= 4 is 16.1 Å². The number of sulfonamides is 1. The Kier molecular flexibility index (Phi) is 4.55. The van der Waals surface area contributed by atoms with Crippen molar-refractivity contribution in [3.05, 3.63) is 18.2 Å². The largest absolute Gasteiger partial charge is 0.454 e. The number of benzene rings is 1. The van der Waals surface area contributed by atoms with Crippen LogP contribution in [0.15, 0.2) is 23.1 Å². The number of fused-ring (bicyclic) bond motifs is 1. The monoisotopic (exact) mass is 355 g/mol. The fraction of sp³-hybridized carbons (Fsp3) is 0.533. The van der Waals surface area contributed by atoms with Crippen molar-refractivity contribution < 1.29 is 22.7 Å². The molecule has 3 rings (SSSR count). The number of carbonyl (C=O) groups excluding carboxylic acids is 1. The highest BCUT2D eigenvalue weighted by atomic mass is 32.2. The van der Waals surface area contributed by atoms with E-state index < -0.39 is 10.0 Å². The maximum atomic E-state index is 12.8. The summed E-state index contributed by atoms with van der Waals surface area (Å²) in [5.74, 6) is 0.982. The molecule has 24 heavy (non-hydrogen) atoms. The lowest BCUT2D eigenvalue weighted by Gasteiger charge is -2.34.